The highest BCUT2D eigenvalue weighted by Crippen LogP contribution is 2.26. The quantitative estimate of drug-likeness (QED) is 0.717. The molecule has 1 aliphatic rings. The third kappa shape index (κ3) is 5.16. The van der Waals surface area contributed by atoms with Crippen LogP contribution in [0.25, 0.3) is 6.08 Å². The summed E-state index contributed by atoms with van der Waals surface area (Å²) in [5.74, 6) is -0.229. The summed E-state index contributed by atoms with van der Waals surface area (Å²) in [4.78, 5) is 22.0. The minimum atomic E-state index is -0.950. The molecule has 1 fully saturated rings. The minimum absolute atomic E-state index is 0.103. The molecule has 2 N–H and O–H groups in total. The molecule has 2 aromatic rings. The van der Waals surface area contributed by atoms with Crippen molar-refractivity contribution in [1.82, 2.24) is 14.9 Å². The highest BCUT2D eigenvalue weighted by molar-refractivity contribution is 5.91. The monoisotopic (exact) mass is 380 g/mol. The third-order valence-electron chi connectivity index (χ3n) is 5.17. The van der Waals surface area contributed by atoms with Crippen LogP contribution in [0.1, 0.15) is 38.4 Å². The van der Waals surface area contributed by atoms with Gasteiger partial charge >= 0.3 is 5.97 Å². The van der Waals surface area contributed by atoms with E-state index in [4.69, 9.17) is 5.11 Å². The van der Waals surface area contributed by atoms with Crippen molar-refractivity contribution < 1.29 is 9.90 Å². The molecule has 0 bridgehead atoms. The molecule has 0 unspecified atom stereocenters. The number of hydrogen-bond donors (Lipinski definition) is 2. The van der Waals surface area contributed by atoms with Crippen molar-refractivity contribution in [2.75, 3.05) is 25.0 Å². The SMILES string of the molecule is CC(=Cc1cnc(N[C@@H]2CCN(CC(C)(C)c3ccccc3)C2)cn1)C(=O)O. The number of likely N-dealkylation sites (tertiary alicyclic amines) is 1. The summed E-state index contributed by atoms with van der Waals surface area (Å²) < 4.78 is 0. The first-order chi connectivity index (χ1) is 13.3. The fraction of sp³-hybridized carbons (Fsp3) is 0.409. The van der Waals surface area contributed by atoms with Crippen molar-refractivity contribution >= 4 is 17.9 Å². The van der Waals surface area contributed by atoms with Crippen molar-refractivity contribution in [3.63, 3.8) is 0 Å². The van der Waals surface area contributed by atoms with E-state index >= 15 is 0 Å². The zero-order valence-corrected chi connectivity index (χ0v) is 16.7. The summed E-state index contributed by atoms with van der Waals surface area (Å²) in [5, 5.41) is 12.4. The van der Waals surface area contributed by atoms with Crippen LogP contribution in [-0.4, -0.2) is 51.6 Å². The van der Waals surface area contributed by atoms with E-state index in [0.29, 0.717) is 11.7 Å². The first kappa shape index (κ1) is 20.0. The lowest BCUT2D eigenvalue weighted by atomic mass is 9.84. The number of carboxylic acids is 1. The number of hydrogen-bond acceptors (Lipinski definition) is 5. The van der Waals surface area contributed by atoms with Crippen LogP contribution < -0.4 is 5.32 Å². The van der Waals surface area contributed by atoms with Crippen molar-refractivity contribution in [2.45, 2.75) is 38.6 Å². The molecule has 3 rings (SSSR count). The molecule has 0 aliphatic carbocycles. The maximum atomic E-state index is 10.9. The number of carboxylic acid groups (broad SMARTS) is 1. The normalized spacial score (nSPS) is 18.2. The Hall–Kier alpha value is -2.73. The summed E-state index contributed by atoms with van der Waals surface area (Å²) in [7, 11) is 0. The Kier molecular flexibility index (Phi) is 6.09. The number of aliphatic carboxylic acids is 1. The Labute approximate surface area is 166 Å². The zero-order valence-electron chi connectivity index (χ0n) is 16.7. The Morgan fingerprint density at radius 3 is 2.68 bits per heavy atom. The zero-order chi connectivity index (χ0) is 20.1. The molecular formula is C22H28N4O2. The highest BCUT2D eigenvalue weighted by atomic mass is 16.4. The predicted molar refractivity (Wildman–Crippen MR) is 111 cm³/mol. The number of nitrogens with one attached hydrogen (secondary N) is 1. The van der Waals surface area contributed by atoms with Crippen LogP contribution in [0, 0.1) is 0 Å². The molecule has 0 spiro atoms. The van der Waals surface area contributed by atoms with E-state index in [0.717, 1.165) is 31.9 Å². The summed E-state index contributed by atoms with van der Waals surface area (Å²) in [5.41, 5.74) is 2.24. The average molecular weight is 380 g/mol. The van der Waals surface area contributed by atoms with Gasteiger partial charge in [-0.25, -0.2) is 9.78 Å². The van der Waals surface area contributed by atoms with E-state index in [1.54, 1.807) is 19.3 Å². The minimum Gasteiger partial charge on any atom is -0.478 e. The summed E-state index contributed by atoms with van der Waals surface area (Å²) >= 11 is 0. The molecule has 6 nitrogen and oxygen atoms in total. The lowest BCUT2D eigenvalue weighted by Gasteiger charge is -2.31. The topological polar surface area (TPSA) is 78.4 Å². The standard InChI is InChI=1S/C22H28N4O2/c1-16(21(27)28)11-19-12-24-20(13-23-19)25-18-9-10-26(14-18)15-22(2,3)17-7-5-4-6-8-17/h4-8,11-13,18H,9-10,14-15H2,1-3H3,(H,24,25)(H,27,28)/t18-/m1/s1. The highest BCUT2D eigenvalue weighted by Gasteiger charge is 2.29. The van der Waals surface area contributed by atoms with Gasteiger partial charge in [0.2, 0.25) is 0 Å². The summed E-state index contributed by atoms with van der Waals surface area (Å²) in [6.07, 6.45) is 5.84. The molecular weight excluding hydrogens is 352 g/mol. The number of anilines is 1. The molecule has 0 amide bonds. The molecule has 28 heavy (non-hydrogen) atoms. The van der Waals surface area contributed by atoms with Crippen LogP contribution >= 0.6 is 0 Å². The molecule has 1 aromatic carbocycles. The lowest BCUT2D eigenvalue weighted by Crippen LogP contribution is -2.37. The Balaban J connectivity index is 1.55. The van der Waals surface area contributed by atoms with Gasteiger partial charge in [0.25, 0.3) is 0 Å². The fourth-order valence-corrected chi connectivity index (χ4v) is 3.61. The van der Waals surface area contributed by atoms with Gasteiger partial charge in [-0.1, -0.05) is 44.2 Å². The van der Waals surface area contributed by atoms with E-state index in [1.165, 1.54) is 11.6 Å². The molecule has 2 heterocycles. The fourth-order valence-electron chi connectivity index (χ4n) is 3.61. The van der Waals surface area contributed by atoms with Gasteiger partial charge in [-0.05, 0) is 25.0 Å². The van der Waals surface area contributed by atoms with Crippen LogP contribution in [0.3, 0.4) is 0 Å². The van der Waals surface area contributed by atoms with E-state index in [9.17, 15) is 4.79 Å². The molecule has 0 saturated carbocycles. The smallest absolute Gasteiger partial charge is 0.331 e. The van der Waals surface area contributed by atoms with Gasteiger partial charge in [-0.2, -0.15) is 0 Å². The third-order valence-corrected chi connectivity index (χ3v) is 5.17. The van der Waals surface area contributed by atoms with Crippen LogP contribution in [0.15, 0.2) is 48.3 Å². The number of benzene rings is 1. The molecule has 0 radical (unpaired) electrons. The van der Waals surface area contributed by atoms with E-state index in [1.807, 2.05) is 0 Å². The average Bonchev–Trinajstić information content (AvgIpc) is 3.10. The molecule has 6 heteroatoms. The second-order valence-electron chi connectivity index (χ2n) is 8.07. The van der Waals surface area contributed by atoms with Crippen molar-refractivity contribution in [1.29, 1.82) is 0 Å². The van der Waals surface area contributed by atoms with Gasteiger partial charge < -0.3 is 15.3 Å². The second-order valence-corrected chi connectivity index (χ2v) is 8.07. The maximum absolute atomic E-state index is 10.9. The van der Waals surface area contributed by atoms with Gasteiger partial charge in [0.1, 0.15) is 5.82 Å². The van der Waals surface area contributed by atoms with Gasteiger partial charge in [-0.15, -0.1) is 0 Å². The van der Waals surface area contributed by atoms with Gasteiger partial charge in [-0.3, -0.25) is 4.98 Å². The predicted octanol–water partition coefficient (Wildman–Crippen LogP) is 3.43. The first-order valence-corrected chi connectivity index (χ1v) is 9.61. The van der Waals surface area contributed by atoms with Crippen molar-refractivity contribution in [3.8, 4) is 0 Å². The van der Waals surface area contributed by atoms with Crippen LogP contribution in [0.4, 0.5) is 5.82 Å². The van der Waals surface area contributed by atoms with Gasteiger partial charge in [0.05, 0.1) is 18.1 Å². The van der Waals surface area contributed by atoms with E-state index < -0.39 is 5.97 Å². The number of carbonyl (C=O) groups is 1. The van der Waals surface area contributed by atoms with Gasteiger partial charge in [0.15, 0.2) is 0 Å². The summed E-state index contributed by atoms with van der Waals surface area (Å²) in [6, 6.07) is 11.0. The van der Waals surface area contributed by atoms with Crippen molar-refractivity contribution in [2.24, 2.45) is 0 Å². The van der Waals surface area contributed by atoms with Crippen LogP contribution in [0.2, 0.25) is 0 Å². The molecule has 1 saturated heterocycles. The van der Waals surface area contributed by atoms with E-state index in [-0.39, 0.29) is 11.0 Å². The Morgan fingerprint density at radius 2 is 2.04 bits per heavy atom. The molecule has 1 aromatic heterocycles. The first-order valence-electron chi connectivity index (χ1n) is 9.61. The Bertz CT molecular complexity index is 831. The number of aromatic nitrogens is 2. The maximum Gasteiger partial charge on any atom is 0.331 e. The van der Waals surface area contributed by atoms with Crippen LogP contribution in [0.5, 0.6) is 0 Å². The van der Waals surface area contributed by atoms with Crippen molar-refractivity contribution in [3.05, 3.63) is 59.6 Å². The van der Waals surface area contributed by atoms with Crippen LogP contribution in [-0.2, 0) is 10.2 Å². The lowest BCUT2D eigenvalue weighted by molar-refractivity contribution is -0.132. The molecule has 148 valence electrons. The number of rotatable bonds is 7. The molecule has 1 atom stereocenters. The Morgan fingerprint density at radius 1 is 1.29 bits per heavy atom. The summed E-state index contributed by atoms with van der Waals surface area (Å²) in [6.45, 7) is 9.16. The van der Waals surface area contributed by atoms with Gasteiger partial charge in [0, 0.05) is 36.7 Å². The molecule has 1 aliphatic heterocycles. The largest absolute Gasteiger partial charge is 0.478 e. The second kappa shape index (κ2) is 8.52. The number of nitrogens with zero attached hydrogens (tertiary/aromatic N) is 3. The van der Waals surface area contributed by atoms with E-state index in [2.05, 4.69) is 64.4 Å².